The standard InChI is InChI=1S/C13H15FN2O5/c1-15(7-3-4-12(17)21-2)13(18)10-8-9(16(19)20)5-6-11(10)14/h5-6,8H,3-4,7H2,1-2H3. The number of non-ortho nitro benzene ring substituents is 1. The van der Waals surface area contributed by atoms with E-state index >= 15 is 0 Å². The van der Waals surface area contributed by atoms with Crippen LogP contribution in [0.3, 0.4) is 0 Å². The SMILES string of the molecule is COC(=O)CCCN(C)C(=O)c1cc([N+](=O)[O-])ccc1F. The first-order valence-electron chi connectivity index (χ1n) is 6.13. The molecule has 7 nitrogen and oxygen atoms in total. The number of hydrogen-bond donors (Lipinski definition) is 0. The number of benzene rings is 1. The molecule has 0 atom stereocenters. The van der Waals surface area contributed by atoms with Crippen LogP contribution < -0.4 is 0 Å². The lowest BCUT2D eigenvalue weighted by Gasteiger charge is -2.17. The highest BCUT2D eigenvalue weighted by molar-refractivity contribution is 5.95. The Labute approximate surface area is 120 Å². The van der Waals surface area contributed by atoms with Crippen LogP contribution in [0.2, 0.25) is 0 Å². The van der Waals surface area contributed by atoms with Gasteiger partial charge in [-0.25, -0.2) is 4.39 Å². The fourth-order valence-corrected chi connectivity index (χ4v) is 1.66. The van der Waals surface area contributed by atoms with Crippen molar-refractivity contribution in [2.75, 3.05) is 20.7 Å². The van der Waals surface area contributed by atoms with Crippen LogP contribution in [0, 0.1) is 15.9 Å². The van der Waals surface area contributed by atoms with Gasteiger partial charge >= 0.3 is 5.97 Å². The van der Waals surface area contributed by atoms with Crippen molar-refractivity contribution >= 4 is 17.6 Å². The zero-order chi connectivity index (χ0) is 16.0. The van der Waals surface area contributed by atoms with Crippen LogP contribution in [0.4, 0.5) is 10.1 Å². The first-order chi connectivity index (χ1) is 9.86. The molecule has 0 aliphatic carbocycles. The molecular formula is C13H15FN2O5. The van der Waals surface area contributed by atoms with Gasteiger partial charge in [0, 0.05) is 32.1 Å². The topological polar surface area (TPSA) is 89.8 Å². The molecule has 0 aliphatic rings. The lowest BCUT2D eigenvalue weighted by atomic mass is 10.1. The molecule has 21 heavy (non-hydrogen) atoms. The molecule has 114 valence electrons. The summed E-state index contributed by atoms with van der Waals surface area (Å²) in [6.45, 7) is 0.204. The molecule has 0 spiro atoms. The van der Waals surface area contributed by atoms with Crippen molar-refractivity contribution in [2.24, 2.45) is 0 Å². The lowest BCUT2D eigenvalue weighted by Crippen LogP contribution is -2.29. The molecule has 0 aliphatic heterocycles. The van der Waals surface area contributed by atoms with Crippen molar-refractivity contribution in [1.29, 1.82) is 0 Å². The van der Waals surface area contributed by atoms with Crippen molar-refractivity contribution < 1.29 is 23.6 Å². The first-order valence-corrected chi connectivity index (χ1v) is 6.13. The molecule has 1 amide bonds. The average Bonchev–Trinajstić information content (AvgIpc) is 2.46. The summed E-state index contributed by atoms with van der Waals surface area (Å²) in [6.07, 6.45) is 0.483. The second-order valence-electron chi connectivity index (χ2n) is 4.33. The highest BCUT2D eigenvalue weighted by Crippen LogP contribution is 2.18. The van der Waals surface area contributed by atoms with E-state index in [1.54, 1.807) is 0 Å². The molecule has 0 radical (unpaired) electrons. The Balaban J connectivity index is 2.76. The van der Waals surface area contributed by atoms with E-state index in [9.17, 15) is 24.1 Å². The van der Waals surface area contributed by atoms with Crippen LogP contribution in [0.15, 0.2) is 18.2 Å². The third-order valence-corrected chi connectivity index (χ3v) is 2.84. The number of carbonyl (C=O) groups is 2. The molecule has 0 fully saturated rings. The fraction of sp³-hybridized carbons (Fsp3) is 0.385. The maximum atomic E-state index is 13.6. The molecule has 1 aromatic carbocycles. The second kappa shape index (κ2) is 7.32. The molecule has 0 saturated carbocycles. The highest BCUT2D eigenvalue weighted by Gasteiger charge is 2.20. The van der Waals surface area contributed by atoms with E-state index in [-0.39, 0.29) is 24.2 Å². The number of carbonyl (C=O) groups excluding carboxylic acids is 2. The van der Waals surface area contributed by atoms with Gasteiger partial charge in [-0.2, -0.15) is 0 Å². The molecular weight excluding hydrogens is 283 g/mol. The number of methoxy groups -OCH3 is 1. The number of esters is 1. The van der Waals surface area contributed by atoms with Crippen molar-refractivity contribution in [2.45, 2.75) is 12.8 Å². The van der Waals surface area contributed by atoms with Gasteiger partial charge in [-0.1, -0.05) is 0 Å². The molecule has 1 aromatic rings. The zero-order valence-corrected chi connectivity index (χ0v) is 11.7. The third-order valence-electron chi connectivity index (χ3n) is 2.84. The normalized spacial score (nSPS) is 10.0. The maximum Gasteiger partial charge on any atom is 0.305 e. The quantitative estimate of drug-likeness (QED) is 0.453. The number of amides is 1. The Morgan fingerprint density at radius 3 is 2.67 bits per heavy atom. The van der Waals surface area contributed by atoms with Gasteiger partial charge in [0.05, 0.1) is 17.6 Å². The number of nitro groups is 1. The lowest BCUT2D eigenvalue weighted by molar-refractivity contribution is -0.384. The number of halogens is 1. The molecule has 0 aromatic heterocycles. The first kappa shape index (κ1) is 16.5. The number of hydrogen-bond acceptors (Lipinski definition) is 5. The second-order valence-corrected chi connectivity index (χ2v) is 4.33. The largest absolute Gasteiger partial charge is 0.469 e. The Hall–Kier alpha value is -2.51. The molecule has 0 saturated heterocycles. The third kappa shape index (κ3) is 4.51. The number of rotatable bonds is 6. The molecule has 0 heterocycles. The number of ether oxygens (including phenoxy) is 1. The fourth-order valence-electron chi connectivity index (χ4n) is 1.66. The van der Waals surface area contributed by atoms with Crippen LogP contribution in [0.1, 0.15) is 23.2 Å². The maximum absolute atomic E-state index is 13.6. The van der Waals surface area contributed by atoms with Crippen LogP contribution in [-0.2, 0) is 9.53 Å². The highest BCUT2D eigenvalue weighted by atomic mass is 19.1. The Kier molecular flexibility index (Phi) is 5.77. The van der Waals surface area contributed by atoms with E-state index in [1.165, 1.54) is 19.1 Å². The van der Waals surface area contributed by atoms with Gasteiger partial charge < -0.3 is 9.64 Å². The van der Waals surface area contributed by atoms with E-state index in [0.29, 0.717) is 6.42 Å². The molecule has 0 N–H and O–H groups in total. The van der Waals surface area contributed by atoms with Gasteiger partial charge in [0.2, 0.25) is 0 Å². The summed E-state index contributed by atoms with van der Waals surface area (Å²) in [5.74, 6) is -1.91. The molecule has 0 unspecified atom stereocenters. The van der Waals surface area contributed by atoms with Crippen LogP contribution in [0.25, 0.3) is 0 Å². The summed E-state index contributed by atoms with van der Waals surface area (Å²) < 4.78 is 18.1. The van der Waals surface area contributed by atoms with Crippen molar-refractivity contribution in [3.63, 3.8) is 0 Å². The molecule has 0 bridgehead atoms. The number of nitrogens with zero attached hydrogens (tertiary/aromatic N) is 2. The van der Waals surface area contributed by atoms with Gasteiger partial charge in [-0.15, -0.1) is 0 Å². The van der Waals surface area contributed by atoms with Gasteiger partial charge in [0.1, 0.15) is 5.82 Å². The van der Waals surface area contributed by atoms with E-state index in [0.717, 1.165) is 18.2 Å². The zero-order valence-electron chi connectivity index (χ0n) is 11.7. The van der Waals surface area contributed by atoms with E-state index < -0.39 is 22.6 Å². The monoisotopic (exact) mass is 298 g/mol. The van der Waals surface area contributed by atoms with Crippen LogP contribution in [0.5, 0.6) is 0 Å². The minimum Gasteiger partial charge on any atom is -0.469 e. The van der Waals surface area contributed by atoms with Gasteiger partial charge in [-0.05, 0) is 12.5 Å². The Bertz CT molecular complexity index is 561. The van der Waals surface area contributed by atoms with Gasteiger partial charge in [0.15, 0.2) is 0 Å². The number of nitro benzene ring substituents is 1. The smallest absolute Gasteiger partial charge is 0.305 e. The summed E-state index contributed by atoms with van der Waals surface area (Å²) in [4.78, 5) is 34.1. The van der Waals surface area contributed by atoms with E-state index in [4.69, 9.17) is 0 Å². The summed E-state index contributed by atoms with van der Waals surface area (Å²) in [6, 6.07) is 2.77. The average molecular weight is 298 g/mol. The predicted molar refractivity (Wildman–Crippen MR) is 71.3 cm³/mol. The molecule has 8 heteroatoms. The van der Waals surface area contributed by atoms with E-state index in [2.05, 4.69) is 4.74 Å². The van der Waals surface area contributed by atoms with Crippen LogP contribution >= 0.6 is 0 Å². The summed E-state index contributed by atoms with van der Waals surface area (Å²) in [5, 5.41) is 10.6. The summed E-state index contributed by atoms with van der Waals surface area (Å²) >= 11 is 0. The van der Waals surface area contributed by atoms with Crippen molar-refractivity contribution in [1.82, 2.24) is 4.90 Å². The summed E-state index contributed by atoms with van der Waals surface area (Å²) in [5.41, 5.74) is -0.729. The van der Waals surface area contributed by atoms with Crippen LogP contribution in [-0.4, -0.2) is 42.4 Å². The molecule has 1 rings (SSSR count). The van der Waals surface area contributed by atoms with Gasteiger partial charge in [0.25, 0.3) is 11.6 Å². The Morgan fingerprint density at radius 2 is 2.10 bits per heavy atom. The minimum atomic E-state index is -0.828. The van der Waals surface area contributed by atoms with Crippen molar-refractivity contribution in [3.05, 3.63) is 39.7 Å². The summed E-state index contributed by atoms with van der Waals surface area (Å²) in [7, 11) is 2.69. The Morgan fingerprint density at radius 1 is 1.43 bits per heavy atom. The van der Waals surface area contributed by atoms with E-state index in [1.807, 2.05) is 0 Å². The van der Waals surface area contributed by atoms with Crippen molar-refractivity contribution in [3.8, 4) is 0 Å². The van der Waals surface area contributed by atoms with Gasteiger partial charge in [-0.3, -0.25) is 19.7 Å². The predicted octanol–water partition coefficient (Wildman–Crippen LogP) is 1.76. The minimum absolute atomic E-state index is 0.130.